The quantitative estimate of drug-likeness (QED) is 0.596. The summed E-state index contributed by atoms with van der Waals surface area (Å²) in [4.78, 5) is 23.1. The lowest BCUT2D eigenvalue weighted by molar-refractivity contribution is -0.140. The number of fused-ring (bicyclic) bond motifs is 1. The summed E-state index contributed by atoms with van der Waals surface area (Å²) in [6, 6.07) is 12.9. The van der Waals surface area contributed by atoms with Crippen LogP contribution in [0.4, 0.5) is 10.6 Å². The number of hydrogen-bond acceptors (Lipinski definition) is 4. The molecule has 0 fully saturated rings. The van der Waals surface area contributed by atoms with Gasteiger partial charge in [-0.1, -0.05) is 41.9 Å². The molecule has 134 valence electrons. The van der Waals surface area contributed by atoms with E-state index in [1.54, 1.807) is 6.07 Å². The molecule has 0 aliphatic rings. The van der Waals surface area contributed by atoms with Crippen LogP contribution in [-0.4, -0.2) is 35.9 Å². The zero-order valence-electron chi connectivity index (χ0n) is 14.0. The van der Waals surface area contributed by atoms with Crippen LogP contribution >= 0.6 is 11.6 Å². The zero-order chi connectivity index (χ0) is 18.5. The summed E-state index contributed by atoms with van der Waals surface area (Å²) in [7, 11) is 1.30. The summed E-state index contributed by atoms with van der Waals surface area (Å²) >= 11 is 6.37. The third kappa shape index (κ3) is 3.94. The molecule has 0 bridgehead atoms. The lowest BCUT2D eigenvalue weighted by Crippen LogP contribution is -2.30. The molecule has 0 atom stereocenters. The summed E-state index contributed by atoms with van der Waals surface area (Å²) in [5.41, 5.74) is 2.52. The molecule has 0 aliphatic heterocycles. The van der Waals surface area contributed by atoms with Crippen molar-refractivity contribution in [2.75, 3.05) is 19.0 Å². The molecular weight excluding hydrogens is 356 g/mol. The molecule has 0 aliphatic carbocycles. The summed E-state index contributed by atoms with van der Waals surface area (Å²) < 4.78 is 4.52. The molecule has 26 heavy (non-hydrogen) atoms. The second kappa shape index (κ2) is 7.88. The fourth-order valence-electron chi connectivity index (χ4n) is 2.50. The molecule has 1 heterocycles. The van der Waals surface area contributed by atoms with Crippen LogP contribution in [0.3, 0.4) is 0 Å². The van der Waals surface area contributed by atoms with Gasteiger partial charge in [0.15, 0.2) is 5.82 Å². The molecule has 8 heteroatoms. The van der Waals surface area contributed by atoms with Gasteiger partial charge in [0, 0.05) is 17.5 Å². The maximum atomic E-state index is 12.0. The fraction of sp³-hybridized carbons (Fsp3) is 0.167. The Morgan fingerprint density at radius 1 is 1.23 bits per heavy atom. The number of esters is 1. The van der Waals surface area contributed by atoms with Crippen molar-refractivity contribution in [2.24, 2.45) is 0 Å². The third-order valence-electron chi connectivity index (χ3n) is 3.81. The van der Waals surface area contributed by atoms with Crippen molar-refractivity contribution in [3.8, 4) is 11.1 Å². The van der Waals surface area contributed by atoms with Gasteiger partial charge in [-0.2, -0.15) is 5.10 Å². The van der Waals surface area contributed by atoms with Gasteiger partial charge < -0.3 is 10.1 Å². The Morgan fingerprint density at radius 3 is 2.73 bits per heavy atom. The van der Waals surface area contributed by atoms with Gasteiger partial charge in [-0.25, -0.2) is 4.79 Å². The number of amides is 2. The van der Waals surface area contributed by atoms with Gasteiger partial charge in [-0.15, -0.1) is 0 Å². The first kappa shape index (κ1) is 17.8. The van der Waals surface area contributed by atoms with E-state index in [-0.39, 0.29) is 13.0 Å². The van der Waals surface area contributed by atoms with E-state index in [0.29, 0.717) is 16.4 Å². The van der Waals surface area contributed by atoms with Crippen LogP contribution in [0, 0.1) is 0 Å². The smallest absolute Gasteiger partial charge is 0.320 e. The normalized spacial score (nSPS) is 10.5. The van der Waals surface area contributed by atoms with Crippen molar-refractivity contribution in [1.29, 1.82) is 0 Å². The van der Waals surface area contributed by atoms with Crippen molar-refractivity contribution < 1.29 is 14.3 Å². The van der Waals surface area contributed by atoms with Crippen LogP contribution in [0.2, 0.25) is 5.02 Å². The molecule has 0 radical (unpaired) electrons. The third-order valence-corrected chi connectivity index (χ3v) is 4.12. The van der Waals surface area contributed by atoms with Crippen LogP contribution in [0.15, 0.2) is 42.5 Å². The largest absolute Gasteiger partial charge is 0.469 e. The summed E-state index contributed by atoms with van der Waals surface area (Å²) in [6.45, 7) is 0.169. The first-order chi connectivity index (χ1) is 12.6. The number of hydrogen-bond donors (Lipinski definition) is 3. The zero-order valence-corrected chi connectivity index (χ0v) is 14.8. The van der Waals surface area contributed by atoms with Crippen molar-refractivity contribution in [3.05, 3.63) is 47.5 Å². The molecular formula is C18H17ClN4O3. The number of methoxy groups -OCH3 is 1. The van der Waals surface area contributed by atoms with Gasteiger partial charge in [0.1, 0.15) is 0 Å². The van der Waals surface area contributed by atoms with E-state index in [0.717, 1.165) is 16.5 Å². The van der Waals surface area contributed by atoms with Crippen molar-refractivity contribution >= 4 is 40.3 Å². The number of carbonyl (C=O) groups is 2. The number of nitrogens with one attached hydrogen (secondary N) is 3. The van der Waals surface area contributed by atoms with E-state index in [4.69, 9.17) is 11.6 Å². The van der Waals surface area contributed by atoms with E-state index < -0.39 is 12.0 Å². The van der Waals surface area contributed by atoms with Gasteiger partial charge in [0.05, 0.1) is 24.1 Å². The van der Waals surface area contributed by atoms with E-state index in [2.05, 4.69) is 25.6 Å². The number of anilines is 1. The maximum Gasteiger partial charge on any atom is 0.320 e. The van der Waals surface area contributed by atoms with Crippen molar-refractivity contribution in [2.45, 2.75) is 6.42 Å². The fourth-order valence-corrected chi connectivity index (χ4v) is 2.78. The molecule has 0 saturated carbocycles. The minimum absolute atomic E-state index is 0.0962. The van der Waals surface area contributed by atoms with Gasteiger partial charge in [-0.05, 0) is 17.7 Å². The SMILES string of the molecule is COC(=O)CCNC(=O)Nc1n[nH]c2cc(Cl)c(-c3ccccc3)cc12. The lowest BCUT2D eigenvalue weighted by atomic mass is 10.0. The average molecular weight is 373 g/mol. The van der Waals surface area contributed by atoms with Crippen molar-refractivity contribution in [1.82, 2.24) is 15.5 Å². The van der Waals surface area contributed by atoms with Crippen LogP contribution in [0.25, 0.3) is 22.0 Å². The predicted octanol–water partition coefficient (Wildman–Crippen LogP) is 3.57. The van der Waals surface area contributed by atoms with Gasteiger partial charge in [0.25, 0.3) is 0 Å². The minimum Gasteiger partial charge on any atom is -0.469 e. The number of halogens is 1. The molecule has 3 N–H and O–H groups in total. The molecule has 2 amide bonds. The van der Waals surface area contributed by atoms with Crippen LogP contribution in [0.1, 0.15) is 6.42 Å². The first-order valence-corrected chi connectivity index (χ1v) is 8.31. The Morgan fingerprint density at radius 2 is 2.00 bits per heavy atom. The van der Waals surface area contributed by atoms with E-state index >= 15 is 0 Å². The highest BCUT2D eigenvalue weighted by Crippen LogP contribution is 2.33. The second-order valence-electron chi connectivity index (χ2n) is 5.52. The Bertz CT molecular complexity index is 940. The van der Waals surface area contributed by atoms with Crippen LogP contribution in [0.5, 0.6) is 0 Å². The highest BCUT2D eigenvalue weighted by Gasteiger charge is 2.13. The highest BCUT2D eigenvalue weighted by atomic mass is 35.5. The minimum atomic E-state index is -0.460. The molecule has 3 aromatic rings. The summed E-state index contributed by atoms with van der Waals surface area (Å²) in [6.07, 6.45) is 0.0962. The Hall–Kier alpha value is -3.06. The van der Waals surface area contributed by atoms with E-state index in [1.165, 1.54) is 7.11 Å². The molecule has 3 rings (SSSR count). The number of nitrogens with zero attached hydrogens (tertiary/aromatic N) is 1. The molecule has 0 spiro atoms. The van der Waals surface area contributed by atoms with E-state index in [1.807, 2.05) is 36.4 Å². The molecule has 0 saturated heterocycles. The first-order valence-electron chi connectivity index (χ1n) is 7.93. The molecule has 2 aromatic carbocycles. The number of aromatic nitrogens is 2. The Labute approximate surface area is 154 Å². The number of ether oxygens (including phenoxy) is 1. The second-order valence-corrected chi connectivity index (χ2v) is 5.93. The predicted molar refractivity (Wildman–Crippen MR) is 100 cm³/mol. The van der Waals surface area contributed by atoms with Crippen LogP contribution < -0.4 is 10.6 Å². The van der Waals surface area contributed by atoms with Crippen LogP contribution in [-0.2, 0) is 9.53 Å². The number of benzene rings is 2. The number of aromatic amines is 1. The van der Waals surface area contributed by atoms with Gasteiger partial charge in [0.2, 0.25) is 0 Å². The summed E-state index contributed by atoms with van der Waals surface area (Å²) in [5, 5.41) is 13.5. The standard InChI is InChI=1S/C18H17ClN4O3/c1-26-16(24)7-8-20-18(25)21-17-13-9-12(11-5-3-2-4-6-11)14(19)10-15(13)22-23-17/h2-6,9-10H,7-8H2,1H3,(H3,20,21,22,23,25). The summed E-state index contributed by atoms with van der Waals surface area (Å²) in [5.74, 6) is -0.0120. The highest BCUT2D eigenvalue weighted by molar-refractivity contribution is 6.34. The van der Waals surface area contributed by atoms with Gasteiger partial charge >= 0.3 is 12.0 Å². The Kier molecular flexibility index (Phi) is 5.38. The molecule has 0 unspecified atom stereocenters. The number of rotatable bonds is 5. The Balaban J connectivity index is 1.79. The number of H-pyrrole nitrogens is 1. The average Bonchev–Trinajstić information content (AvgIpc) is 3.03. The van der Waals surface area contributed by atoms with Crippen molar-refractivity contribution in [3.63, 3.8) is 0 Å². The molecule has 7 nitrogen and oxygen atoms in total. The number of carbonyl (C=O) groups excluding carboxylic acids is 2. The molecule has 1 aromatic heterocycles. The maximum absolute atomic E-state index is 12.0. The van der Waals surface area contributed by atoms with Gasteiger partial charge in [-0.3, -0.25) is 15.2 Å². The lowest BCUT2D eigenvalue weighted by Gasteiger charge is -2.07. The monoisotopic (exact) mass is 372 g/mol. The number of urea groups is 1. The van der Waals surface area contributed by atoms with E-state index in [9.17, 15) is 9.59 Å². The topological polar surface area (TPSA) is 96.1 Å².